The number of rotatable bonds is 1. The molecule has 1 aromatic heterocycles. The molecule has 0 radical (unpaired) electrons. The molecule has 0 saturated carbocycles. The van der Waals surface area contributed by atoms with Crippen molar-refractivity contribution in [3.05, 3.63) is 35.7 Å². The van der Waals surface area contributed by atoms with Crippen LogP contribution >= 0.6 is 0 Å². The van der Waals surface area contributed by atoms with Crippen LogP contribution in [0.4, 0.5) is 5.82 Å². The zero-order valence-electron chi connectivity index (χ0n) is 9.56. The van der Waals surface area contributed by atoms with Gasteiger partial charge in [0.25, 0.3) is 0 Å². The Hall–Kier alpha value is -2.02. The van der Waals surface area contributed by atoms with Gasteiger partial charge in [-0.1, -0.05) is 6.08 Å². The first kappa shape index (κ1) is 10.2. The van der Waals surface area contributed by atoms with Gasteiger partial charge < -0.3 is 4.90 Å². The van der Waals surface area contributed by atoms with Crippen molar-refractivity contribution >= 4 is 5.82 Å². The molecule has 0 fully saturated rings. The van der Waals surface area contributed by atoms with Gasteiger partial charge >= 0.3 is 0 Å². The van der Waals surface area contributed by atoms with Crippen molar-refractivity contribution in [2.45, 2.75) is 19.3 Å². The highest BCUT2D eigenvalue weighted by atomic mass is 15.3. The van der Waals surface area contributed by atoms with Crippen LogP contribution in [0.25, 0.3) is 0 Å². The maximum absolute atomic E-state index is 9.15. The Balaban J connectivity index is 2.01. The van der Waals surface area contributed by atoms with Crippen molar-refractivity contribution in [1.82, 2.24) is 10.2 Å². The van der Waals surface area contributed by atoms with E-state index in [9.17, 15) is 0 Å². The second-order valence-electron chi connectivity index (χ2n) is 4.51. The Labute approximate surface area is 100 Å². The zero-order chi connectivity index (χ0) is 11.7. The van der Waals surface area contributed by atoms with Gasteiger partial charge in [0.1, 0.15) is 5.82 Å². The Morgan fingerprint density at radius 2 is 2.47 bits per heavy atom. The molecule has 2 aliphatic rings. The summed E-state index contributed by atoms with van der Waals surface area (Å²) in [6, 6.07) is 4.35. The molecular weight excluding hydrogens is 212 g/mol. The van der Waals surface area contributed by atoms with E-state index in [2.05, 4.69) is 33.3 Å². The molecule has 0 aromatic carbocycles. The number of hydrogen-bond acceptors (Lipinski definition) is 3. The number of nitriles is 1. The molecule has 2 heterocycles. The minimum Gasteiger partial charge on any atom is -0.325 e. The summed E-state index contributed by atoms with van der Waals surface area (Å²) in [5.74, 6) is 1.06. The number of allylic oxidation sites excluding steroid dienone is 3. The normalized spacial score (nSPS) is 23.5. The largest absolute Gasteiger partial charge is 0.325 e. The highest BCUT2D eigenvalue weighted by molar-refractivity contribution is 5.53. The van der Waals surface area contributed by atoms with Crippen molar-refractivity contribution in [2.24, 2.45) is 5.92 Å². The lowest BCUT2D eigenvalue weighted by Crippen LogP contribution is -2.34. The summed E-state index contributed by atoms with van der Waals surface area (Å²) in [6.45, 7) is 0.752. The molecule has 1 atom stereocenters. The van der Waals surface area contributed by atoms with Crippen LogP contribution in [0.15, 0.2) is 35.7 Å². The van der Waals surface area contributed by atoms with Gasteiger partial charge in [-0.05, 0) is 30.9 Å². The van der Waals surface area contributed by atoms with Crippen molar-refractivity contribution in [3.8, 4) is 6.07 Å². The summed E-state index contributed by atoms with van der Waals surface area (Å²) in [5.41, 5.74) is 2.66. The molecule has 1 aliphatic carbocycles. The molecule has 86 valence electrons. The van der Waals surface area contributed by atoms with E-state index in [0.29, 0.717) is 0 Å². The van der Waals surface area contributed by atoms with Crippen LogP contribution in [-0.4, -0.2) is 16.7 Å². The van der Waals surface area contributed by atoms with Gasteiger partial charge in [-0.25, -0.2) is 0 Å². The van der Waals surface area contributed by atoms with Crippen LogP contribution in [-0.2, 0) is 0 Å². The quantitative estimate of drug-likeness (QED) is 0.799. The van der Waals surface area contributed by atoms with Crippen LogP contribution in [0, 0.1) is 17.2 Å². The first-order valence-electron chi connectivity index (χ1n) is 5.93. The third-order valence-corrected chi connectivity index (χ3v) is 3.40. The summed E-state index contributed by atoms with van der Waals surface area (Å²) in [4.78, 5) is 2.18. The minimum absolute atomic E-state index is 0.0866. The van der Waals surface area contributed by atoms with Gasteiger partial charge in [0, 0.05) is 18.3 Å². The van der Waals surface area contributed by atoms with Crippen LogP contribution in [0.1, 0.15) is 19.3 Å². The molecule has 0 spiro atoms. The fourth-order valence-corrected chi connectivity index (χ4v) is 2.58. The molecular formula is C13H14N4. The van der Waals surface area contributed by atoms with Crippen LogP contribution in [0.3, 0.4) is 0 Å². The smallest absolute Gasteiger partial charge is 0.128 e. The zero-order valence-corrected chi connectivity index (χ0v) is 9.56. The summed E-state index contributed by atoms with van der Waals surface area (Å²) >= 11 is 0. The lowest BCUT2D eigenvalue weighted by Gasteiger charge is -2.35. The van der Waals surface area contributed by atoms with E-state index < -0.39 is 0 Å². The predicted molar refractivity (Wildman–Crippen MR) is 65.1 cm³/mol. The van der Waals surface area contributed by atoms with Crippen LogP contribution in [0.2, 0.25) is 0 Å². The average molecular weight is 226 g/mol. The molecule has 17 heavy (non-hydrogen) atoms. The Bertz CT molecular complexity index is 504. The van der Waals surface area contributed by atoms with Gasteiger partial charge in [0.2, 0.25) is 0 Å². The second-order valence-corrected chi connectivity index (χ2v) is 4.51. The third kappa shape index (κ3) is 1.74. The van der Waals surface area contributed by atoms with E-state index in [-0.39, 0.29) is 5.92 Å². The van der Waals surface area contributed by atoms with Crippen molar-refractivity contribution in [2.75, 3.05) is 11.4 Å². The van der Waals surface area contributed by atoms with Gasteiger partial charge in [0.15, 0.2) is 0 Å². The third-order valence-electron chi connectivity index (χ3n) is 3.40. The molecule has 0 bridgehead atoms. The highest BCUT2D eigenvalue weighted by Crippen LogP contribution is 2.34. The number of aromatic nitrogens is 2. The summed E-state index contributed by atoms with van der Waals surface area (Å²) in [6.07, 6.45) is 9.21. The topological polar surface area (TPSA) is 55.7 Å². The standard InChI is InChI=1S/C13H14N4/c14-8-10-7-11-3-1-2-4-12(11)17(9-10)13-5-6-15-16-13/h2,4-6,10H,1,3,7,9H2,(H,15,16). The van der Waals surface area contributed by atoms with E-state index in [1.165, 1.54) is 11.3 Å². The summed E-state index contributed by atoms with van der Waals surface area (Å²) < 4.78 is 0. The lowest BCUT2D eigenvalue weighted by molar-refractivity contribution is 0.585. The van der Waals surface area contributed by atoms with E-state index in [4.69, 9.17) is 5.26 Å². The summed E-state index contributed by atoms with van der Waals surface area (Å²) in [5, 5.41) is 16.1. The molecule has 1 unspecified atom stereocenters. The Morgan fingerprint density at radius 3 is 3.24 bits per heavy atom. The maximum atomic E-state index is 9.15. The molecule has 3 rings (SSSR count). The number of hydrogen-bond donors (Lipinski definition) is 1. The fraction of sp³-hybridized carbons (Fsp3) is 0.385. The number of nitrogens with one attached hydrogen (secondary N) is 1. The second kappa shape index (κ2) is 4.10. The Kier molecular flexibility index (Phi) is 2.45. The van der Waals surface area contributed by atoms with Gasteiger partial charge in [0.05, 0.1) is 18.2 Å². The first-order chi connectivity index (χ1) is 8.38. The molecule has 0 saturated heterocycles. The number of H-pyrrole nitrogens is 1. The Morgan fingerprint density at radius 1 is 1.53 bits per heavy atom. The maximum Gasteiger partial charge on any atom is 0.128 e. The van der Waals surface area contributed by atoms with Crippen molar-refractivity contribution in [1.29, 1.82) is 5.26 Å². The van der Waals surface area contributed by atoms with Crippen LogP contribution in [0.5, 0.6) is 0 Å². The average Bonchev–Trinajstić information content (AvgIpc) is 2.91. The first-order valence-corrected chi connectivity index (χ1v) is 5.93. The number of nitrogens with zero attached hydrogens (tertiary/aromatic N) is 3. The van der Waals surface area contributed by atoms with Gasteiger partial charge in [-0.3, -0.25) is 5.10 Å². The van der Waals surface area contributed by atoms with E-state index >= 15 is 0 Å². The van der Waals surface area contributed by atoms with Crippen molar-refractivity contribution < 1.29 is 0 Å². The van der Waals surface area contributed by atoms with E-state index in [0.717, 1.165) is 31.6 Å². The minimum atomic E-state index is 0.0866. The highest BCUT2D eigenvalue weighted by Gasteiger charge is 2.27. The molecule has 1 N–H and O–H groups in total. The molecule has 1 aliphatic heterocycles. The fourth-order valence-electron chi connectivity index (χ4n) is 2.58. The lowest BCUT2D eigenvalue weighted by atomic mass is 9.88. The van der Waals surface area contributed by atoms with E-state index in [1.807, 2.05) is 6.07 Å². The summed E-state index contributed by atoms with van der Waals surface area (Å²) in [7, 11) is 0. The van der Waals surface area contributed by atoms with Gasteiger partial charge in [-0.2, -0.15) is 10.4 Å². The van der Waals surface area contributed by atoms with Crippen LogP contribution < -0.4 is 4.90 Å². The monoisotopic (exact) mass is 226 g/mol. The molecule has 1 aromatic rings. The van der Waals surface area contributed by atoms with Crippen molar-refractivity contribution in [3.63, 3.8) is 0 Å². The molecule has 4 nitrogen and oxygen atoms in total. The SMILES string of the molecule is N#CC1CC2=C(C=CCC2)N(c2ccn[nH]2)C1. The molecule has 0 amide bonds. The number of aromatic amines is 1. The predicted octanol–water partition coefficient (Wildman–Crippen LogP) is 2.36. The van der Waals surface area contributed by atoms with E-state index in [1.54, 1.807) is 6.20 Å². The van der Waals surface area contributed by atoms with Gasteiger partial charge in [-0.15, -0.1) is 0 Å². The number of anilines is 1. The molecule has 4 heteroatoms.